The average molecular weight is 867 g/mol. The van der Waals surface area contributed by atoms with Crippen molar-refractivity contribution >= 4 is 66.9 Å². The monoisotopic (exact) mass is 866 g/mol. The maximum atomic E-state index is 13.7. The molecule has 0 saturated carbocycles. The van der Waals surface area contributed by atoms with E-state index < -0.39 is 33.9 Å². The summed E-state index contributed by atoms with van der Waals surface area (Å²) in [5.74, 6) is -0.848. The van der Waals surface area contributed by atoms with Crippen LogP contribution in [0.5, 0.6) is 23.0 Å². The molecule has 0 aliphatic heterocycles. The van der Waals surface area contributed by atoms with Crippen LogP contribution >= 0.6 is 0 Å². The molecule has 16 heteroatoms. The number of benzene rings is 6. The molecule has 2 unspecified atom stereocenters. The number of hydrogen-bond acceptors (Lipinski definition) is 10. The number of carboxylic acid groups (broad SMARTS) is 2. The predicted molar refractivity (Wildman–Crippen MR) is 239 cm³/mol. The predicted octanol–water partition coefficient (Wildman–Crippen LogP) is 10.1. The van der Waals surface area contributed by atoms with Gasteiger partial charge < -0.3 is 38.3 Å². The van der Waals surface area contributed by atoms with Crippen molar-refractivity contribution in [3.05, 3.63) is 154 Å². The highest BCUT2D eigenvalue weighted by Crippen LogP contribution is 2.42. The standard InChI is InChI=1S/C48H42N4O12/c53-47(54)45(49-41-14-3-1-12-37(41)39-22-20-35(29-43(39)49)63-26-6-5-24-61-33-18-16-31(17-19-33)51(57)58)46(48(55)56)50-42-15-4-2-13-38(42)40-23-21-36(30-44(40)50)64-27-8-7-25-62-34-11-9-10-32(28-34)52(59)60/h1-4,9-23,28-30,45-46H,5-8,24-27H2,(H,53,54)(H,55,56). The summed E-state index contributed by atoms with van der Waals surface area (Å²) in [6, 6.07) is 33.9. The van der Waals surface area contributed by atoms with Gasteiger partial charge in [-0.1, -0.05) is 42.5 Å². The number of fused-ring (bicyclic) bond motifs is 6. The second-order valence-corrected chi connectivity index (χ2v) is 15.0. The summed E-state index contributed by atoms with van der Waals surface area (Å²) >= 11 is 0. The maximum absolute atomic E-state index is 13.7. The van der Waals surface area contributed by atoms with Crippen molar-refractivity contribution in [2.75, 3.05) is 26.4 Å². The van der Waals surface area contributed by atoms with Gasteiger partial charge in [-0.25, -0.2) is 9.59 Å². The van der Waals surface area contributed by atoms with Gasteiger partial charge in [0, 0.05) is 51.9 Å². The maximum Gasteiger partial charge on any atom is 0.329 e. The smallest absolute Gasteiger partial charge is 0.329 e. The quantitative estimate of drug-likeness (QED) is 0.0393. The molecule has 0 radical (unpaired) electrons. The molecule has 326 valence electrons. The summed E-state index contributed by atoms with van der Waals surface area (Å²) in [7, 11) is 0. The van der Waals surface area contributed by atoms with Gasteiger partial charge >= 0.3 is 11.9 Å². The molecule has 0 aliphatic carbocycles. The van der Waals surface area contributed by atoms with Gasteiger partial charge in [-0.05, 0) is 80.3 Å². The summed E-state index contributed by atoms with van der Waals surface area (Å²) in [4.78, 5) is 48.5. The molecule has 8 rings (SSSR count). The second kappa shape index (κ2) is 18.9. The van der Waals surface area contributed by atoms with E-state index in [0.717, 1.165) is 21.5 Å². The van der Waals surface area contributed by atoms with Crippen LogP contribution in [-0.4, -0.2) is 67.6 Å². The third-order valence-corrected chi connectivity index (χ3v) is 11.0. The minimum atomic E-state index is -1.64. The number of hydrogen-bond donors (Lipinski definition) is 2. The number of rotatable bonds is 21. The van der Waals surface area contributed by atoms with Crippen LogP contribution < -0.4 is 18.9 Å². The topological polar surface area (TPSA) is 208 Å². The van der Waals surface area contributed by atoms with Gasteiger partial charge in [0.25, 0.3) is 11.4 Å². The van der Waals surface area contributed by atoms with E-state index in [-0.39, 0.29) is 11.4 Å². The fraction of sp³-hybridized carbons (Fsp3) is 0.208. The van der Waals surface area contributed by atoms with Gasteiger partial charge in [0.15, 0.2) is 12.1 Å². The highest BCUT2D eigenvalue weighted by Gasteiger charge is 2.40. The zero-order chi connectivity index (χ0) is 44.7. The summed E-state index contributed by atoms with van der Waals surface area (Å²) in [6.07, 6.45) is 2.43. The molecule has 6 aromatic carbocycles. The molecular formula is C48H42N4O12. The Bertz CT molecular complexity index is 3010. The summed E-state index contributed by atoms with van der Waals surface area (Å²) in [6.45, 7) is 1.29. The first kappa shape index (κ1) is 42.5. The molecule has 2 N–H and O–H groups in total. The van der Waals surface area contributed by atoms with Gasteiger partial charge in [-0.15, -0.1) is 0 Å². The number of aliphatic carboxylic acids is 2. The Morgan fingerprint density at radius 3 is 1.28 bits per heavy atom. The van der Waals surface area contributed by atoms with E-state index in [0.29, 0.717) is 97.2 Å². The molecule has 2 heterocycles. The Hall–Kier alpha value is -8.14. The molecule has 0 saturated heterocycles. The number of para-hydroxylation sites is 2. The SMILES string of the molecule is O=C(O)C(C(C(=O)O)n1c2ccccc2c2ccc(OCCCCOc3cccc([N+](=O)[O-])c3)cc21)n1c2ccccc2c2ccc(OCCCCOc3ccc([N+](=O)[O-])cc3)cc21. The number of nitro benzene ring substituents is 2. The van der Waals surface area contributed by atoms with Crippen LogP contribution in [0.2, 0.25) is 0 Å². The number of nitro groups is 2. The minimum absolute atomic E-state index is 0.0210. The van der Waals surface area contributed by atoms with Crippen molar-refractivity contribution in [3.8, 4) is 23.0 Å². The van der Waals surface area contributed by atoms with Crippen molar-refractivity contribution in [2.45, 2.75) is 37.8 Å². The van der Waals surface area contributed by atoms with Crippen LogP contribution in [0.15, 0.2) is 133 Å². The highest BCUT2D eigenvalue weighted by atomic mass is 16.6. The van der Waals surface area contributed by atoms with E-state index in [9.17, 15) is 40.0 Å². The molecule has 0 spiro atoms. The number of ether oxygens (including phenoxy) is 4. The first-order chi connectivity index (χ1) is 31.1. The number of nitrogens with zero attached hydrogens (tertiary/aromatic N) is 4. The summed E-state index contributed by atoms with van der Waals surface area (Å²) < 4.78 is 26.8. The van der Waals surface area contributed by atoms with Gasteiger partial charge in [0.05, 0.1) is 64.4 Å². The molecule has 2 aromatic heterocycles. The fourth-order valence-corrected chi connectivity index (χ4v) is 8.03. The number of unbranched alkanes of at least 4 members (excludes halogenated alkanes) is 2. The number of carboxylic acids is 2. The zero-order valence-corrected chi connectivity index (χ0v) is 34.3. The van der Waals surface area contributed by atoms with Crippen molar-refractivity contribution in [1.29, 1.82) is 0 Å². The van der Waals surface area contributed by atoms with Crippen molar-refractivity contribution < 1.29 is 48.6 Å². The number of non-ortho nitro benzene ring substituents is 2. The summed E-state index contributed by atoms with van der Waals surface area (Å²) in [5, 5.41) is 47.3. The summed E-state index contributed by atoms with van der Waals surface area (Å²) in [5.41, 5.74) is 1.96. The van der Waals surface area contributed by atoms with E-state index in [1.807, 2.05) is 36.4 Å². The lowest BCUT2D eigenvalue weighted by Gasteiger charge is -2.26. The Kier molecular flexibility index (Phi) is 12.5. The van der Waals surface area contributed by atoms with Crippen LogP contribution in [0, 0.1) is 20.2 Å². The molecule has 16 nitrogen and oxygen atoms in total. The first-order valence-electron chi connectivity index (χ1n) is 20.6. The van der Waals surface area contributed by atoms with Gasteiger partial charge in [-0.3, -0.25) is 20.2 Å². The van der Waals surface area contributed by atoms with E-state index in [1.165, 1.54) is 24.3 Å². The molecule has 0 bridgehead atoms. The lowest BCUT2D eigenvalue weighted by atomic mass is 10.1. The van der Waals surface area contributed by atoms with E-state index in [2.05, 4.69) is 0 Å². The van der Waals surface area contributed by atoms with Crippen LogP contribution in [0.4, 0.5) is 11.4 Å². The Labute approximate surface area is 364 Å². The Morgan fingerprint density at radius 2 is 0.844 bits per heavy atom. The molecule has 64 heavy (non-hydrogen) atoms. The molecular weight excluding hydrogens is 825 g/mol. The molecule has 8 aromatic rings. The first-order valence-corrected chi connectivity index (χ1v) is 20.6. The second-order valence-electron chi connectivity index (χ2n) is 15.0. The lowest BCUT2D eigenvalue weighted by Crippen LogP contribution is -2.34. The average Bonchev–Trinajstić information content (AvgIpc) is 3.79. The van der Waals surface area contributed by atoms with E-state index in [1.54, 1.807) is 81.9 Å². The van der Waals surface area contributed by atoms with Crippen molar-refractivity contribution in [3.63, 3.8) is 0 Å². The van der Waals surface area contributed by atoms with Crippen LogP contribution in [0.3, 0.4) is 0 Å². The number of aromatic nitrogens is 2. The Balaban J connectivity index is 1.05. The van der Waals surface area contributed by atoms with E-state index in [4.69, 9.17) is 18.9 Å². The van der Waals surface area contributed by atoms with E-state index >= 15 is 0 Å². The van der Waals surface area contributed by atoms with Gasteiger partial charge in [-0.2, -0.15) is 0 Å². The number of carbonyl (C=O) groups is 2. The normalized spacial score (nSPS) is 12.3. The van der Waals surface area contributed by atoms with Crippen molar-refractivity contribution in [1.82, 2.24) is 9.13 Å². The third kappa shape index (κ3) is 8.92. The molecule has 0 fully saturated rings. The van der Waals surface area contributed by atoms with Crippen LogP contribution in [0.25, 0.3) is 43.6 Å². The minimum Gasteiger partial charge on any atom is -0.494 e. The largest absolute Gasteiger partial charge is 0.494 e. The molecule has 0 aliphatic rings. The molecule has 0 amide bonds. The zero-order valence-electron chi connectivity index (χ0n) is 34.3. The fourth-order valence-electron chi connectivity index (χ4n) is 8.03. The van der Waals surface area contributed by atoms with Crippen molar-refractivity contribution in [2.24, 2.45) is 0 Å². The van der Waals surface area contributed by atoms with Gasteiger partial charge in [0.1, 0.15) is 23.0 Å². The van der Waals surface area contributed by atoms with Crippen LogP contribution in [-0.2, 0) is 9.59 Å². The third-order valence-electron chi connectivity index (χ3n) is 11.0. The van der Waals surface area contributed by atoms with Crippen LogP contribution in [0.1, 0.15) is 37.8 Å². The highest BCUT2D eigenvalue weighted by molar-refractivity contribution is 6.11. The lowest BCUT2D eigenvalue weighted by molar-refractivity contribution is -0.385. The molecule has 2 atom stereocenters. The Morgan fingerprint density at radius 1 is 0.453 bits per heavy atom. The van der Waals surface area contributed by atoms with Gasteiger partial charge in [0.2, 0.25) is 0 Å².